The molecule has 1 aromatic rings. The zero-order valence-corrected chi connectivity index (χ0v) is 11.2. The molecule has 0 bridgehead atoms. The summed E-state index contributed by atoms with van der Waals surface area (Å²) in [7, 11) is 0. The van der Waals surface area contributed by atoms with Crippen molar-refractivity contribution in [2.24, 2.45) is 5.92 Å². The molecule has 0 radical (unpaired) electrons. The minimum absolute atomic E-state index is 0.0506. The number of hydrogen-bond donors (Lipinski definition) is 1. The molecule has 2 aliphatic rings. The van der Waals surface area contributed by atoms with Crippen molar-refractivity contribution < 1.29 is 5.11 Å². The average molecular weight is 263 g/mol. The van der Waals surface area contributed by atoms with E-state index >= 15 is 0 Å². The molecule has 0 spiro atoms. The van der Waals surface area contributed by atoms with Gasteiger partial charge >= 0.3 is 0 Å². The monoisotopic (exact) mass is 263 g/mol. The molecular formula is C14H21N3O2. The highest BCUT2D eigenvalue weighted by Crippen LogP contribution is 2.33. The van der Waals surface area contributed by atoms with Crippen LogP contribution in [0.25, 0.3) is 0 Å². The minimum Gasteiger partial charge on any atom is -0.396 e. The largest absolute Gasteiger partial charge is 0.396 e. The first-order valence-electron chi connectivity index (χ1n) is 7.22. The van der Waals surface area contributed by atoms with Crippen LogP contribution in [0.4, 0.5) is 5.82 Å². The molecular weight excluding hydrogens is 242 g/mol. The highest BCUT2D eigenvalue weighted by molar-refractivity contribution is 5.36. The van der Waals surface area contributed by atoms with Crippen molar-refractivity contribution >= 4 is 5.82 Å². The summed E-state index contributed by atoms with van der Waals surface area (Å²) in [5, 5.41) is 9.06. The maximum atomic E-state index is 12.4. The average Bonchev–Trinajstić information content (AvgIpc) is 3.24. The van der Waals surface area contributed by atoms with Crippen molar-refractivity contribution in [2.75, 3.05) is 24.6 Å². The van der Waals surface area contributed by atoms with Gasteiger partial charge in [-0.3, -0.25) is 4.79 Å². The van der Waals surface area contributed by atoms with Gasteiger partial charge in [-0.25, -0.2) is 4.98 Å². The van der Waals surface area contributed by atoms with Crippen LogP contribution in [0.1, 0.15) is 38.1 Å². The van der Waals surface area contributed by atoms with Crippen molar-refractivity contribution in [3.05, 3.63) is 22.7 Å². The summed E-state index contributed by atoms with van der Waals surface area (Å²) in [5.74, 6) is 1.08. The zero-order chi connectivity index (χ0) is 13.2. The van der Waals surface area contributed by atoms with Crippen molar-refractivity contribution in [3.8, 4) is 0 Å². The molecule has 1 aromatic heterocycles. The van der Waals surface area contributed by atoms with Gasteiger partial charge in [-0.1, -0.05) is 0 Å². The van der Waals surface area contributed by atoms with Gasteiger partial charge in [0.1, 0.15) is 0 Å². The molecule has 5 heteroatoms. The molecule has 1 unspecified atom stereocenters. The Morgan fingerprint density at radius 2 is 2.21 bits per heavy atom. The van der Waals surface area contributed by atoms with E-state index in [4.69, 9.17) is 5.11 Å². The number of aliphatic hydroxyl groups is 1. The Hall–Kier alpha value is -1.36. The Kier molecular flexibility index (Phi) is 3.55. The smallest absolute Gasteiger partial charge is 0.293 e. The molecule has 3 rings (SSSR count). The lowest BCUT2D eigenvalue weighted by Crippen LogP contribution is -2.40. The van der Waals surface area contributed by atoms with E-state index in [1.54, 1.807) is 12.4 Å². The summed E-state index contributed by atoms with van der Waals surface area (Å²) in [6, 6.07) is 0.396. The summed E-state index contributed by atoms with van der Waals surface area (Å²) in [4.78, 5) is 18.8. The third-order valence-electron chi connectivity index (χ3n) is 4.15. The second-order valence-electron chi connectivity index (χ2n) is 5.66. The molecule has 0 aromatic carbocycles. The summed E-state index contributed by atoms with van der Waals surface area (Å²) in [6.45, 7) is 1.98. The Bertz CT molecular complexity index is 494. The molecule has 1 saturated heterocycles. The van der Waals surface area contributed by atoms with Gasteiger partial charge in [-0.05, 0) is 38.0 Å². The van der Waals surface area contributed by atoms with Crippen LogP contribution in [0.15, 0.2) is 17.2 Å². The number of aromatic nitrogens is 2. The van der Waals surface area contributed by atoms with Gasteiger partial charge in [0.05, 0.1) is 0 Å². The third-order valence-corrected chi connectivity index (χ3v) is 4.15. The van der Waals surface area contributed by atoms with Crippen LogP contribution in [-0.4, -0.2) is 34.4 Å². The zero-order valence-electron chi connectivity index (χ0n) is 11.2. The van der Waals surface area contributed by atoms with Gasteiger partial charge in [0.15, 0.2) is 5.82 Å². The van der Waals surface area contributed by atoms with Gasteiger partial charge in [-0.2, -0.15) is 0 Å². The highest BCUT2D eigenvalue weighted by Gasteiger charge is 2.28. The van der Waals surface area contributed by atoms with Crippen LogP contribution in [0.2, 0.25) is 0 Å². The van der Waals surface area contributed by atoms with Crippen LogP contribution in [0.3, 0.4) is 0 Å². The normalized spacial score (nSPS) is 23.6. The number of rotatable bonds is 4. The fraction of sp³-hybridized carbons (Fsp3) is 0.714. The van der Waals surface area contributed by atoms with Gasteiger partial charge < -0.3 is 14.6 Å². The Balaban J connectivity index is 1.81. The molecule has 19 heavy (non-hydrogen) atoms. The predicted molar refractivity (Wildman–Crippen MR) is 73.4 cm³/mol. The van der Waals surface area contributed by atoms with E-state index in [9.17, 15) is 4.79 Å². The maximum Gasteiger partial charge on any atom is 0.293 e. The standard InChI is InChI=1S/C14H21N3O2/c18-9-5-11-2-1-7-16(10-11)13-14(19)17(8-6-15-13)12-3-4-12/h6,8,11-12,18H,1-5,7,9-10H2. The van der Waals surface area contributed by atoms with Crippen LogP contribution >= 0.6 is 0 Å². The van der Waals surface area contributed by atoms with Gasteiger partial charge in [0, 0.05) is 38.1 Å². The number of piperidine rings is 1. The fourth-order valence-corrected chi connectivity index (χ4v) is 2.95. The van der Waals surface area contributed by atoms with Gasteiger partial charge in [-0.15, -0.1) is 0 Å². The molecule has 1 saturated carbocycles. The number of nitrogens with zero attached hydrogens (tertiary/aromatic N) is 3. The van der Waals surface area contributed by atoms with E-state index in [0.29, 0.717) is 17.8 Å². The van der Waals surface area contributed by atoms with Crippen molar-refractivity contribution in [1.29, 1.82) is 0 Å². The third kappa shape index (κ3) is 2.66. The number of anilines is 1. The maximum absolute atomic E-state index is 12.4. The second kappa shape index (κ2) is 5.33. The number of aliphatic hydroxyl groups excluding tert-OH is 1. The fourth-order valence-electron chi connectivity index (χ4n) is 2.95. The summed E-state index contributed by atoms with van der Waals surface area (Å²) in [6.07, 6.45) is 8.79. The minimum atomic E-state index is 0.0506. The Morgan fingerprint density at radius 1 is 1.37 bits per heavy atom. The lowest BCUT2D eigenvalue weighted by molar-refractivity contribution is 0.244. The van der Waals surface area contributed by atoms with Crippen molar-refractivity contribution in [3.63, 3.8) is 0 Å². The molecule has 1 N–H and O–H groups in total. The van der Waals surface area contributed by atoms with E-state index in [1.165, 1.54) is 0 Å². The SMILES string of the molecule is O=c1c(N2CCCC(CCO)C2)nccn1C1CC1. The summed E-state index contributed by atoms with van der Waals surface area (Å²) >= 11 is 0. The molecule has 5 nitrogen and oxygen atoms in total. The highest BCUT2D eigenvalue weighted by atomic mass is 16.3. The lowest BCUT2D eigenvalue weighted by atomic mass is 9.95. The first kappa shape index (κ1) is 12.7. The van der Waals surface area contributed by atoms with Crippen LogP contribution in [0, 0.1) is 5.92 Å². The van der Waals surface area contributed by atoms with Crippen LogP contribution < -0.4 is 10.5 Å². The topological polar surface area (TPSA) is 58.4 Å². The van der Waals surface area contributed by atoms with Crippen molar-refractivity contribution in [2.45, 2.75) is 38.1 Å². The Morgan fingerprint density at radius 3 is 2.95 bits per heavy atom. The molecule has 2 fully saturated rings. The van der Waals surface area contributed by atoms with E-state index < -0.39 is 0 Å². The van der Waals surface area contributed by atoms with Gasteiger partial charge in [0.2, 0.25) is 0 Å². The molecule has 2 heterocycles. The quantitative estimate of drug-likeness (QED) is 0.886. The van der Waals surface area contributed by atoms with Crippen molar-refractivity contribution in [1.82, 2.24) is 9.55 Å². The van der Waals surface area contributed by atoms with E-state index in [1.807, 2.05) is 4.57 Å². The summed E-state index contributed by atoms with van der Waals surface area (Å²) in [5.41, 5.74) is 0.0506. The van der Waals surface area contributed by atoms with Crippen LogP contribution in [0.5, 0.6) is 0 Å². The second-order valence-corrected chi connectivity index (χ2v) is 5.66. The Labute approximate surface area is 112 Å². The summed E-state index contributed by atoms with van der Waals surface area (Å²) < 4.78 is 1.83. The first-order chi connectivity index (χ1) is 9.29. The van der Waals surface area contributed by atoms with Crippen LogP contribution in [-0.2, 0) is 0 Å². The van der Waals surface area contributed by atoms with E-state index in [-0.39, 0.29) is 12.2 Å². The first-order valence-corrected chi connectivity index (χ1v) is 7.22. The molecule has 104 valence electrons. The molecule has 0 amide bonds. The van der Waals surface area contributed by atoms with E-state index in [0.717, 1.165) is 45.2 Å². The van der Waals surface area contributed by atoms with Gasteiger partial charge in [0.25, 0.3) is 5.56 Å². The van der Waals surface area contributed by atoms with E-state index in [2.05, 4.69) is 9.88 Å². The predicted octanol–water partition coefficient (Wildman–Crippen LogP) is 1.18. The molecule has 1 aliphatic heterocycles. The molecule has 1 aliphatic carbocycles. The molecule has 1 atom stereocenters. The lowest BCUT2D eigenvalue weighted by Gasteiger charge is -2.33. The number of hydrogen-bond acceptors (Lipinski definition) is 4.